The van der Waals surface area contributed by atoms with Crippen LogP contribution in [0.5, 0.6) is 11.6 Å². The zero-order valence-corrected chi connectivity index (χ0v) is 17.6. The third-order valence-corrected chi connectivity index (χ3v) is 4.75. The first kappa shape index (κ1) is 21.3. The Labute approximate surface area is 187 Å². The van der Waals surface area contributed by atoms with E-state index in [1.54, 1.807) is 16.8 Å². The van der Waals surface area contributed by atoms with Crippen LogP contribution in [-0.4, -0.2) is 25.6 Å². The molecular formula is C22H17F2N5O2S. The number of thiocarbonyl (C=S) groups is 1. The van der Waals surface area contributed by atoms with Crippen molar-refractivity contribution in [1.29, 1.82) is 0 Å². The molecule has 1 amide bonds. The Morgan fingerprint density at radius 2 is 1.94 bits per heavy atom. The lowest BCUT2D eigenvalue weighted by molar-refractivity contribution is -0.119. The van der Waals surface area contributed by atoms with E-state index < -0.39 is 5.82 Å². The summed E-state index contributed by atoms with van der Waals surface area (Å²) in [5, 5.41) is 9.34. The Morgan fingerprint density at radius 3 is 2.69 bits per heavy atom. The summed E-state index contributed by atoms with van der Waals surface area (Å²) in [7, 11) is 0. The van der Waals surface area contributed by atoms with Gasteiger partial charge in [0.25, 0.3) is 0 Å². The van der Waals surface area contributed by atoms with Crippen LogP contribution in [0.4, 0.5) is 14.5 Å². The second-order valence-corrected chi connectivity index (χ2v) is 7.32. The summed E-state index contributed by atoms with van der Waals surface area (Å²) < 4.78 is 34.8. The summed E-state index contributed by atoms with van der Waals surface area (Å²) in [6, 6.07) is 11.6. The lowest BCUT2D eigenvalue weighted by atomic mass is 10.1. The number of carbonyl (C=O) groups is 1. The van der Waals surface area contributed by atoms with Crippen LogP contribution in [0, 0.1) is 18.6 Å². The molecule has 2 heterocycles. The third kappa shape index (κ3) is 4.86. The van der Waals surface area contributed by atoms with Gasteiger partial charge in [0.2, 0.25) is 11.8 Å². The van der Waals surface area contributed by atoms with Gasteiger partial charge in [-0.2, -0.15) is 10.1 Å². The predicted octanol–water partition coefficient (Wildman–Crippen LogP) is 4.16. The van der Waals surface area contributed by atoms with Crippen LogP contribution in [0.2, 0.25) is 0 Å². The fourth-order valence-corrected chi connectivity index (χ4v) is 3.27. The number of nitrogens with zero attached hydrogens (tertiary/aromatic N) is 3. The van der Waals surface area contributed by atoms with Crippen molar-refractivity contribution >= 4 is 34.4 Å². The highest BCUT2D eigenvalue weighted by Gasteiger charge is 2.13. The maximum Gasteiger partial charge on any atom is 0.247 e. The van der Waals surface area contributed by atoms with Crippen molar-refractivity contribution in [1.82, 2.24) is 19.9 Å². The van der Waals surface area contributed by atoms with Crippen LogP contribution in [0.1, 0.15) is 11.1 Å². The Morgan fingerprint density at radius 1 is 1.16 bits per heavy atom. The normalized spacial score (nSPS) is 10.7. The number of halogens is 2. The number of hydrogen-bond acceptors (Lipinski definition) is 5. The Hall–Kier alpha value is -3.92. The van der Waals surface area contributed by atoms with E-state index in [4.69, 9.17) is 17.0 Å². The van der Waals surface area contributed by atoms with Gasteiger partial charge in [0.1, 0.15) is 17.7 Å². The molecule has 0 unspecified atom stereocenters. The summed E-state index contributed by atoms with van der Waals surface area (Å²) in [6.07, 6.45) is 3.10. The molecule has 0 aliphatic rings. The Kier molecular flexibility index (Phi) is 6.04. The lowest BCUT2D eigenvalue weighted by Gasteiger charge is -2.12. The van der Waals surface area contributed by atoms with E-state index in [2.05, 4.69) is 20.7 Å². The average molecular weight is 453 g/mol. The van der Waals surface area contributed by atoms with Gasteiger partial charge in [-0.1, -0.05) is 12.1 Å². The number of aryl methyl sites for hydroxylation is 1. The molecule has 0 radical (unpaired) electrons. The third-order valence-electron chi connectivity index (χ3n) is 4.55. The fourth-order valence-electron chi connectivity index (χ4n) is 3.04. The van der Waals surface area contributed by atoms with Crippen LogP contribution >= 0.6 is 12.2 Å². The van der Waals surface area contributed by atoms with Crippen molar-refractivity contribution in [2.45, 2.75) is 13.3 Å². The number of benzene rings is 2. The molecule has 0 fully saturated rings. The number of hydrogen-bond donors (Lipinski definition) is 2. The first-order valence-corrected chi connectivity index (χ1v) is 9.91. The number of aromatic nitrogens is 3. The average Bonchev–Trinajstić information content (AvgIpc) is 3.13. The standard InChI is InChI=1S/C22H17F2N5O2S/c1-13-8-9-29-20(13)21(25-12-26-29)31-18-7-6-16(11-17(18)24)27-22(32)28-19(30)10-14-2-4-15(23)5-3-14/h2-9,11-12H,10H2,1H3,(H2,27,28,30,32). The van der Waals surface area contributed by atoms with Crippen molar-refractivity contribution < 1.29 is 18.3 Å². The molecule has 32 heavy (non-hydrogen) atoms. The van der Waals surface area contributed by atoms with E-state index >= 15 is 0 Å². The van der Waals surface area contributed by atoms with E-state index in [1.165, 1.54) is 42.7 Å². The van der Waals surface area contributed by atoms with E-state index in [9.17, 15) is 13.6 Å². The molecule has 0 atom stereocenters. The van der Waals surface area contributed by atoms with E-state index in [-0.39, 0.29) is 34.9 Å². The fraction of sp³-hybridized carbons (Fsp3) is 0.0909. The second kappa shape index (κ2) is 9.06. The van der Waals surface area contributed by atoms with Gasteiger partial charge >= 0.3 is 0 Å². The van der Waals surface area contributed by atoms with Crippen molar-refractivity contribution in [3.05, 3.63) is 83.8 Å². The minimum Gasteiger partial charge on any atom is -0.434 e. The highest BCUT2D eigenvalue weighted by molar-refractivity contribution is 7.80. The molecular weight excluding hydrogens is 436 g/mol. The number of fused-ring (bicyclic) bond motifs is 1. The van der Waals surface area contributed by atoms with Crippen LogP contribution in [-0.2, 0) is 11.2 Å². The SMILES string of the molecule is Cc1ccn2ncnc(Oc3ccc(NC(=S)NC(=O)Cc4ccc(F)cc4)cc3F)c12. The quantitative estimate of drug-likeness (QED) is 0.442. The van der Waals surface area contributed by atoms with Crippen molar-refractivity contribution in [3.8, 4) is 11.6 Å². The number of anilines is 1. The van der Waals surface area contributed by atoms with Gasteiger partial charge in [0.05, 0.1) is 6.42 Å². The number of ether oxygens (including phenoxy) is 1. The van der Waals surface area contributed by atoms with Gasteiger partial charge in [-0.05, 0) is 60.6 Å². The molecule has 162 valence electrons. The monoisotopic (exact) mass is 453 g/mol. The van der Waals surface area contributed by atoms with Gasteiger partial charge in [-0.25, -0.2) is 13.3 Å². The maximum atomic E-state index is 14.6. The highest BCUT2D eigenvalue weighted by atomic mass is 32.1. The van der Waals surface area contributed by atoms with Gasteiger partial charge in [0, 0.05) is 18.0 Å². The molecule has 10 heteroatoms. The number of rotatable bonds is 5. The summed E-state index contributed by atoms with van der Waals surface area (Å²) in [6.45, 7) is 1.88. The Bertz CT molecular complexity index is 1310. The van der Waals surface area contributed by atoms with Crippen LogP contribution in [0.15, 0.2) is 61.1 Å². The van der Waals surface area contributed by atoms with Gasteiger partial charge in [0.15, 0.2) is 16.7 Å². The summed E-state index contributed by atoms with van der Waals surface area (Å²) in [5.74, 6) is -1.21. The minimum atomic E-state index is -0.642. The van der Waals surface area contributed by atoms with E-state index in [1.807, 2.05) is 13.0 Å². The molecule has 0 bridgehead atoms. The summed E-state index contributed by atoms with van der Waals surface area (Å²) in [4.78, 5) is 16.2. The molecule has 4 rings (SSSR count). The van der Waals surface area contributed by atoms with Crippen LogP contribution < -0.4 is 15.4 Å². The molecule has 0 spiro atoms. The largest absolute Gasteiger partial charge is 0.434 e. The second-order valence-electron chi connectivity index (χ2n) is 6.91. The van der Waals surface area contributed by atoms with Crippen molar-refractivity contribution in [2.75, 3.05) is 5.32 Å². The van der Waals surface area contributed by atoms with Crippen LogP contribution in [0.3, 0.4) is 0 Å². The van der Waals surface area contributed by atoms with E-state index in [0.717, 1.165) is 5.56 Å². The number of carbonyl (C=O) groups excluding carboxylic acids is 1. The molecule has 2 N–H and O–H groups in total. The lowest BCUT2D eigenvalue weighted by Crippen LogP contribution is -2.35. The minimum absolute atomic E-state index is 0.00602. The smallest absolute Gasteiger partial charge is 0.247 e. The summed E-state index contributed by atoms with van der Waals surface area (Å²) in [5.41, 5.74) is 2.49. The Balaban J connectivity index is 1.39. The maximum absolute atomic E-state index is 14.6. The molecule has 0 aliphatic heterocycles. The zero-order chi connectivity index (χ0) is 22.7. The topological polar surface area (TPSA) is 80.6 Å². The molecule has 7 nitrogen and oxygen atoms in total. The summed E-state index contributed by atoms with van der Waals surface area (Å²) >= 11 is 5.11. The molecule has 2 aromatic carbocycles. The molecule has 2 aromatic heterocycles. The number of nitrogens with one attached hydrogen (secondary N) is 2. The van der Waals surface area contributed by atoms with Gasteiger partial charge in [-0.3, -0.25) is 4.79 Å². The van der Waals surface area contributed by atoms with Crippen molar-refractivity contribution in [3.63, 3.8) is 0 Å². The first-order valence-electron chi connectivity index (χ1n) is 9.50. The highest BCUT2D eigenvalue weighted by Crippen LogP contribution is 2.29. The molecule has 0 aliphatic carbocycles. The van der Waals surface area contributed by atoms with E-state index in [0.29, 0.717) is 16.8 Å². The predicted molar refractivity (Wildman–Crippen MR) is 119 cm³/mol. The number of amides is 1. The van der Waals surface area contributed by atoms with Gasteiger partial charge in [-0.15, -0.1) is 0 Å². The molecule has 0 saturated heterocycles. The first-order chi connectivity index (χ1) is 15.4. The van der Waals surface area contributed by atoms with Gasteiger partial charge < -0.3 is 15.4 Å². The molecule has 4 aromatic rings. The molecule has 0 saturated carbocycles. The van der Waals surface area contributed by atoms with Crippen molar-refractivity contribution in [2.24, 2.45) is 0 Å². The van der Waals surface area contributed by atoms with Crippen LogP contribution in [0.25, 0.3) is 5.52 Å². The zero-order valence-electron chi connectivity index (χ0n) is 16.8.